The molecule has 0 spiro atoms. The molecule has 0 saturated carbocycles. The fourth-order valence-corrected chi connectivity index (χ4v) is 3.43. The van der Waals surface area contributed by atoms with Crippen molar-refractivity contribution in [2.24, 2.45) is 5.73 Å². The average Bonchev–Trinajstić information content (AvgIpc) is 2.41. The topological polar surface area (TPSA) is 35.2 Å². The summed E-state index contributed by atoms with van der Waals surface area (Å²) in [6, 6.07) is 15.3. The normalized spacial score (nSPS) is 24.3. The van der Waals surface area contributed by atoms with E-state index in [-0.39, 0.29) is 6.04 Å². The van der Waals surface area contributed by atoms with Gasteiger partial charge in [-0.1, -0.05) is 30.3 Å². The highest BCUT2D eigenvalue weighted by atomic mass is 32.2. The molecule has 1 saturated heterocycles. The number of fused-ring (bicyclic) bond motifs is 1. The van der Waals surface area contributed by atoms with Crippen LogP contribution in [0.25, 0.3) is 10.8 Å². The third-order valence-electron chi connectivity index (χ3n) is 3.36. The monoisotopic (exact) mass is 259 g/mol. The Kier molecular flexibility index (Phi) is 3.55. The van der Waals surface area contributed by atoms with Crippen molar-refractivity contribution in [3.63, 3.8) is 0 Å². The van der Waals surface area contributed by atoms with Crippen LogP contribution < -0.4 is 5.73 Å². The Balaban J connectivity index is 1.81. The second-order valence-electron chi connectivity index (χ2n) is 4.69. The highest BCUT2D eigenvalue weighted by Gasteiger charge is 2.23. The van der Waals surface area contributed by atoms with E-state index in [1.807, 2.05) is 11.8 Å². The third-order valence-corrected chi connectivity index (χ3v) is 4.68. The van der Waals surface area contributed by atoms with E-state index in [0.717, 1.165) is 19.6 Å². The van der Waals surface area contributed by atoms with Crippen LogP contribution >= 0.6 is 11.8 Å². The van der Waals surface area contributed by atoms with Gasteiger partial charge in [-0.05, 0) is 29.3 Å². The van der Waals surface area contributed by atoms with E-state index >= 15 is 0 Å². The summed E-state index contributed by atoms with van der Waals surface area (Å²) in [7, 11) is 0. The van der Waals surface area contributed by atoms with E-state index in [1.165, 1.54) is 15.7 Å². The molecule has 2 atom stereocenters. The first kappa shape index (κ1) is 12.0. The molecule has 0 aliphatic carbocycles. The smallest absolute Gasteiger partial charge is 0.0603 e. The molecule has 0 bridgehead atoms. The number of hydrogen-bond donors (Lipinski definition) is 1. The number of hydrogen-bond acceptors (Lipinski definition) is 3. The Labute approximate surface area is 112 Å². The zero-order valence-corrected chi connectivity index (χ0v) is 11.0. The average molecular weight is 259 g/mol. The van der Waals surface area contributed by atoms with Gasteiger partial charge in [-0.2, -0.15) is 0 Å². The van der Waals surface area contributed by atoms with Gasteiger partial charge in [0.15, 0.2) is 0 Å². The van der Waals surface area contributed by atoms with Crippen molar-refractivity contribution < 1.29 is 4.74 Å². The predicted octanol–water partition coefficient (Wildman–Crippen LogP) is 3.05. The summed E-state index contributed by atoms with van der Waals surface area (Å²) in [5.41, 5.74) is 6.14. The Bertz CT molecular complexity index is 543. The van der Waals surface area contributed by atoms with E-state index in [2.05, 4.69) is 42.5 Å². The fourth-order valence-electron chi connectivity index (χ4n) is 2.27. The van der Waals surface area contributed by atoms with Crippen LogP contribution in [-0.2, 0) is 4.74 Å². The van der Waals surface area contributed by atoms with E-state index in [4.69, 9.17) is 10.5 Å². The molecule has 18 heavy (non-hydrogen) atoms. The zero-order valence-electron chi connectivity index (χ0n) is 10.2. The number of benzene rings is 2. The lowest BCUT2D eigenvalue weighted by Crippen LogP contribution is -2.40. The van der Waals surface area contributed by atoms with E-state index in [0.29, 0.717) is 5.25 Å². The first-order chi connectivity index (χ1) is 8.83. The Hall–Kier alpha value is -1.03. The summed E-state index contributed by atoms with van der Waals surface area (Å²) in [6.45, 7) is 1.56. The number of nitrogens with two attached hydrogens (primary N) is 1. The van der Waals surface area contributed by atoms with Gasteiger partial charge in [-0.3, -0.25) is 0 Å². The van der Waals surface area contributed by atoms with Crippen molar-refractivity contribution in [2.45, 2.75) is 22.6 Å². The van der Waals surface area contributed by atoms with E-state index < -0.39 is 0 Å². The van der Waals surface area contributed by atoms with Gasteiger partial charge in [0.1, 0.15) is 0 Å². The van der Waals surface area contributed by atoms with Gasteiger partial charge in [0, 0.05) is 22.8 Å². The van der Waals surface area contributed by atoms with E-state index in [9.17, 15) is 0 Å². The lowest BCUT2D eigenvalue weighted by atomic mass is 10.1. The molecule has 0 aromatic heterocycles. The van der Waals surface area contributed by atoms with Gasteiger partial charge >= 0.3 is 0 Å². The minimum absolute atomic E-state index is 0.246. The molecular formula is C15H17NOS. The molecular weight excluding hydrogens is 242 g/mol. The Morgan fingerprint density at radius 2 is 1.94 bits per heavy atom. The molecule has 3 rings (SSSR count). The lowest BCUT2D eigenvalue weighted by Gasteiger charge is -2.28. The summed E-state index contributed by atoms with van der Waals surface area (Å²) in [5.74, 6) is 0. The highest BCUT2D eigenvalue weighted by molar-refractivity contribution is 8.00. The first-order valence-electron chi connectivity index (χ1n) is 6.32. The molecule has 2 aromatic carbocycles. The van der Waals surface area contributed by atoms with Crippen LogP contribution in [0.3, 0.4) is 0 Å². The van der Waals surface area contributed by atoms with Crippen molar-refractivity contribution in [1.29, 1.82) is 0 Å². The minimum Gasteiger partial charge on any atom is -0.380 e. The molecule has 94 valence electrons. The van der Waals surface area contributed by atoms with Crippen LogP contribution in [-0.4, -0.2) is 24.5 Å². The van der Waals surface area contributed by atoms with Crippen molar-refractivity contribution in [2.75, 3.05) is 13.2 Å². The number of rotatable bonds is 2. The second-order valence-corrected chi connectivity index (χ2v) is 6.01. The highest BCUT2D eigenvalue weighted by Crippen LogP contribution is 2.30. The van der Waals surface area contributed by atoms with Crippen LogP contribution in [0.1, 0.15) is 6.42 Å². The van der Waals surface area contributed by atoms with Gasteiger partial charge in [0.2, 0.25) is 0 Å². The van der Waals surface area contributed by atoms with Gasteiger partial charge in [-0.25, -0.2) is 0 Å². The number of ether oxygens (including phenoxy) is 1. The molecule has 2 N–H and O–H groups in total. The number of thioether (sulfide) groups is 1. The van der Waals surface area contributed by atoms with Crippen molar-refractivity contribution >= 4 is 22.5 Å². The minimum atomic E-state index is 0.246. The van der Waals surface area contributed by atoms with Crippen LogP contribution in [0.5, 0.6) is 0 Å². The van der Waals surface area contributed by atoms with Gasteiger partial charge in [0.05, 0.1) is 6.61 Å². The van der Waals surface area contributed by atoms with Gasteiger partial charge < -0.3 is 10.5 Å². The predicted molar refractivity (Wildman–Crippen MR) is 77.0 cm³/mol. The van der Waals surface area contributed by atoms with Crippen LogP contribution in [0.2, 0.25) is 0 Å². The maximum Gasteiger partial charge on any atom is 0.0603 e. The third kappa shape index (κ3) is 2.53. The largest absolute Gasteiger partial charge is 0.380 e. The fraction of sp³-hybridized carbons (Fsp3) is 0.333. The molecule has 1 aliphatic heterocycles. The summed E-state index contributed by atoms with van der Waals surface area (Å²) < 4.78 is 5.51. The van der Waals surface area contributed by atoms with Crippen molar-refractivity contribution in [1.82, 2.24) is 0 Å². The summed E-state index contributed by atoms with van der Waals surface area (Å²) in [5, 5.41) is 2.94. The Morgan fingerprint density at radius 1 is 1.11 bits per heavy atom. The van der Waals surface area contributed by atoms with Crippen molar-refractivity contribution in [3.8, 4) is 0 Å². The SMILES string of the molecule is NC1CCOCC1Sc1ccc2ccccc2c1. The second kappa shape index (κ2) is 5.31. The van der Waals surface area contributed by atoms with Crippen molar-refractivity contribution in [3.05, 3.63) is 42.5 Å². The quantitative estimate of drug-likeness (QED) is 0.900. The maximum absolute atomic E-state index is 6.14. The molecule has 1 aliphatic rings. The van der Waals surface area contributed by atoms with Crippen LogP contribution in [0.15, 0.2) is 47.4 Å². The first-order valence-corrected chi connectivity index (χ1v) is 7.20. The molecule has 0 radical (unpaired) electrons. The van der Waals surface area contributed by atoms with Gasteiger partial charge in [0.25, 0.3) is 0 Å². The molecule has 1 fully saturated rings. The molecule has 1 heterocycles. The van der Waals surface area contributed by atoms with E-state index in [1.54, 1.807) is 0 Å². The summed E-state index contributed by atoms with van der Waals surface area (Å²) in [6.07, 6.45) is 0.964. The molecule has 0 amide bonds. The summed E-state index contributed by atoms with van der Waals surface area (Å²) >= 11 is 1.84. The summed E-state index contributed by atoms with van der Waals surface area (Å²) in [4.78, 5) is 1.28. The van der Waals surface area contributed by atoms with Crippen LogP contribution in [0.4, 0.5) is 0 Å². The Morgan fingerprint density at radius 3 is 2.78 bits per heavy atom. The molecule has 2 aromatic rings. The van der Waals surface area contributed by atoms with Crippen LogP contribution in [0, 0.1) is 0 Å². The molecule has 3 heteroatoms. The maximum atomic E-state index is 6.14. The van der Waals surface area contributed by atoms with Gasteiger partial charge in [-0.15, -0.1) is 11.8 Å². The lowest BCUT2D eigenvalue weighted by molar-refractivity contribution is 0.0916. The standard InChI is InChI=1S/C15H17NOS/c16-14-7-8-17-10-15(14)18-13-6-5-11-3-1-2-4-12(11)9-13/h1-6,9,14-15H,7-8,10,16H2. The molecule has 2 nitrogen and oxygen atoms in total. The molecule has 2 unspecified atom stereocenters. The zero-order chi connectivity index (χ0) is 12.4.